The topological polar surface area (TPSA) is 87.7 Å². The number of amides is 2. The molecule has 1 saturated heterocycles. The number of ether oxygens (including phenoxy) is 1. The fraction of sp³-hybridized carbons (Fsp3) is 0.524. The van der Waals surface area contributed by atoms with Gasteiger partial charge < -0.3 is 15.0 Å². The Hall–Kier alpha value is -2.52. The van der Waals surface area contributed by atoms with Gasteiger partial charge in [0, 0.05) is 19.6 Å². The molecule has 1 aliphatic rings. The summed E-state index contributed by atoms with van der Waals surface area (Å²) < 4.78 is 9.69. The highest BCUT2D eigenvalue weighted by Crippen LogP contribution is 2.22. The minimum absolute atomic E-state index is 0.0949. The van der Waals surface area contributed by atoms with Crippen molar-refractivity contribution in [2.24, 2.45) is 0 Å². The maximum absolute atomic E-state index is 13.0. The summed E-state index contributed by atoms with van der Waals surface area (Å²) in [7, 11) is 1.91. The largest absolute Gasteiger partial charge is 0.491 e. The number of rotatable bonds is 7. The van der Waals surface area contributed by atoms with Gasteiger partial charge >= 0.3 is 0 Å². The summed E-state index contributed by atoms with van der Waals surface area (Å²) in [4.78, 5) is 30.0. The molecule has 0 spiro atoms. The van der Waals surface area contributed by atoms with Crippen molar-refractivity contribution in [2.75, 3.05) is 39.8 Å². The monoisotopic (exact) mass is 431 g/mol. The first-order chi connectivity index (χ1) is 14.4. The summed E-state index contributed by atoms with van der Waals surface area (Å²) in [6, 6.07) is 7.38. The first-order valence-electron chi connectivity index (χ1n) is 10.2. The van der Waals surface area contributed by atoms with Crippen molar-refractivity contribution in [1.82, 2.24) is 24.7 Å². The van der Waals surface area contributed by atoms with Crippen LogP contribution in [0.2, 0.25) is 0 Å². The lowest BCUT2D eigenvalue weighted by Crippen LogP contribution is -2.59. The van der Waals surface area contributed by atoms with Crippen LogP contribution in [-0.2, 0) is 4.79 Å². The number of nitrogens with zero attached hydrogens (tertiary/aromatic N) is 4. The summed E-state index contributed by atoms with van der Waals surface area (Å²) in [5.74, 6) is 0.748. The van der Waals surface area contributed by atoms with E-state index in [-0.39, 0.29) is 17.7 Å². The van der Waals surface area contributed by atoms with Gasteiger partial charge in [-0.05, 0) is 43.1 Å². The van der Waals surface area contributed by atoms with Crippen LogP contribution in [0.1, 0.15) is 40.7 Å². The molecule has 1 aromatic carbocycles. The number of benzene rings is 1. The van der Waals surface area contributed by atoms with Crippen LogP contribution in [0.3, 0.4) is 0 Å². The molecular weight excluding hydrogens is 402 g/mol. The van der Waals surface area contributed by atoms with E-state index >= 15 is 0 Å². The average molecular weight is 432 g/mol. The molecule has 1 fully saturated rings. The standard InChI is InChI=1S/C21H29N5O3S/c1-14(2)18-19(30-24-23-18)21(28)26-11-10-25(4)16(13-26)20(27)22-9-12-29-17-8-6-5-7-15(17)3/h5-8,14,16H,9-13H2,1-4H3,(H,22,27)/t16-/m1/s1. The highest BCUT2D eigenvalue weighted by Gasteiger charge is 2.34. The van der Waals surface area contributed by atoms with Gasteiger partial charge in [-0.15, -0.1) is 5.10 Å². The fourth-order valence-electron chi connectivity index (χ4n) is 3.38. The SMILES string of the molecule is Cc1ccccc1OCCNC(=O)[C@H]1CN(C(=O)c2snnc2C(C)C)CCN1C. The summed E-state index contributed by atoms with van der Waals surface area (Å²) in [6.45, 7) is 8.31. The van der Waals surface area contributed by atoms with Gasteiger partial charge in [0.05, 0.1) is 12.2 Å². The van der Waals surface area contributed by atoms with Crippen LogP contribution < -0.4 is 10.1 Å². The molecule has 2 aromatic rings. The average Bonchev–Trinajstić information content (AvgIpc) is 3.22. The molecule has 0 saturated carbocycles. The number of piperazine rings is 1. The highest BCUT2D eigenvalue weighted by molar-refractivity contribution is 7.08. The van der Waals surface area contributed by atoms with Crippen molar-refractivity contribution in [3.63, 3.8) is 0 Å². The Kier molecular flexibility index (Phi) is 7.38. The van der Waals surface area contributed by atoms with E-state index in [1.165, 1.54) is 0 Å². The number of para-hydroxylation sites is 1. The smallest absolute Gasteiger partial charge is 0.267 e. The normalized spacial score (nSPS) is 17.2. The molecule has 1 aromatic heterocycles. The molecule has 9 heteroatoms. The lowest BCUT2D eigenvalue weighted by Gasteiger charge is -2.38. The minimum atomic E-state index is -0.399. The van der Waals surface area contributed by atoms with E-state index < -0.39 is 6.04 Å². The molecule has 1 N–H and O–H groups in total. The lowest BCUT2D eigenvalue weighted by atomic mass is 10.1. The molecule has 8 nitrogen and oxygen atoms in total. The quantitative estimate of drug-likeness (QED) is 0.674. The van der Waals surface area contributed by atoms with E-state index in [2.05, 4.69) is 14.9 Å². The van der Waals surface area contributed by atoms with E-state index in [0.29, 0.717) is 37.7 Å². The molecule has 1 atom stereocenters. The molecule has 1 aliphatic heterocycles. The third-order valence-corrected chi connectivity index (χ3v) is 5.97. The number of aromatic nitrogens is 2. The van der Waals surface area contributed by atoms with Crippen LogP contribution in [0.15, 0.2) is 24.3 Å². The Labute approximate surface area is 181 Å². The second kappa shape index (κ2) is 9.99. The maximum atomic E-state index is 13.0. The molecule has 0 aliphatic carbocycles. The number of carbonyl (C=O) groups is 2. The van der Waals surface area contributed by atoms with Crippen molar-refractivity contribution < 1.29 is 14.3 Å². The van der Waals surface area contributed by atoms with Crippen molar-refractivity contribution in [3.05, 3.63) is 40.4 Å². The Morgan fingerprint density at radius 3 is 2.80 bits per heavy atom. The van der Waals surface area contributed by atoms with E-state index in [0.717, 1.165) is 28.5 Å². The molecule has 3 rings (SSSR count). The van der Waals surface area contributed by atoms with Gasteiger partial charge in [-0.1, -0.05) is 36.5 Å². The second-order valence-corrected chi connectivity index (χ2v) is 8.55. The van der Waals surface area contributed by atoms with Gasteiger partial charge in [0.25, 0.3) is 5.91 Å². The van der Waals surface area contributed by atoms with Crippen LogP contribution >= 0.6 is 11.5 Å². The van der Waals surface area contributed by atoms with Gasteiger partial charge in [0.15, 0.2) is 0 Å². The lowest BCUT2D eigenvalue weighted by molar-refractivity contribution is -0.127. The van der Waals surface area contributed by atoms with Crippen LogP contribution in [-0.4, -0.2) is 77.1 Å². The number of aryl methyl sites for hydroxylation is 1. The molecule has 0 bridgehead atoms. The number of carbonyl (C=O) groups excluding carboxylic acids is 2. The fourth-order valence-corrected chi connectivity index (χ4v) is 4.17. The molecular formula is C21H29N5O3S. The van der Waals surface area contributed by atoms with Crippen molar-refractivity contribution in [3.8, 4) is 5.75 Å². The summed E-state index contributed by atoms with van der Waals surface area (Å²) in [6.07, 6.45) is 0. The van der Waals surface area contributed by atoms with Crippen molar-refractivity contribution >= 4 is 23.3 Å². The summed E-state index contributed by atoms with van der Waals surface area (Å²) in [5, 5.41) is 7.03. The Bertz CT molecular complexity index is 885. The van der Waals surface area contributed by atoms with Gasteiger partial charge in [-0.25, -0.2) is 0 Å². The van der Waals surface area contributed by atoms with E-state index in [4.69, 9.17) is 4.74 Å². The number of hydrogen-bond acceptors (Lipinski definition) is 7. The Morgan fingerprint density at radius 2 is 2.07 bits per heavy atom. The van der Waals surface area contributed by atoms with E-state index in [1.54, 1.807) is 4.90 Å². The summed E-state index contributed by atoms with van der Waals surface area (Å²) >= 11 is 1.12. The van der Waals surface area contributed by atoms with Crippen LogP contribution in [0.4, 0.5) is 0 Å². The Morgan fingerprint density at radius 1 is 1.30 bits per heavy atom. The highest BCUT2D eigenvalue weighted by atomic mass is 32.1. The molecule has 162 valence electrons. The maximum Gasteiger partial charge on any atom is 0.267 e. The summed E-state index contributed by atoms with van der Waals surface area (Å²) in [5.41, 5.74) is 1.78. The molecule has 2 heterocycles. The van der Waals surface area contributed by atoms with Gasteiger partial charge in [0.2, 0.25) is 5.91 Å². The van der Waals surface area contributed by atoms with Crippen LogP contribution in [0, 0.1) is 6.92 Å². The number of hydrogen-bond donors (Lipinski definition) is 1. The predicted octanol–water partition coefficient (Wildman–Crippen LogP) is 1.92. The Balaban J connectivity index is 1.54. The first kappa shape index (κ1) is 22.2. The van der Waals surface area contributed by atoms with Gasteiger partial charge in [-0.3, -0.25) is 14.5 Å². The van der Waals surface area contributed by atoms with Crippen LogP contribution in [0.5, 0.6) is 5.75 Å². The predicted molar refractivity (Wildman–Crippen MR) is 116 cm³/mol. The minimum Gasteiger partial charge on any atom is -0.491 e. The molecule has 0 unspecified atom stereocenters. The van der Waals surface area contributed by atoms with Gasteiger partial charge in [0.1, 0.15) is 23.3 Å². The molecule has 2 amide bonds. The van der Waals surface area contributed by atoms with Gasteiger partial charge in [-0.2, -0.15) is 0 Å². The number of nitrogens with one attached hydrogen (secondary N) is 1. The zero-order chi connectivity index (χ0) is 21.7. The number of likely N-dealkylation sites (N-methyl/N-ethyl adjacent to an activating group) is 1. The zero-order valence-electron chi connectivity index (χ0n) is 17.9. The zero-order valence-corrected chi connectivity index (χ0v) is 18.7. The van der Waals surface area contributed by atoms with Crippen molar-refractivity contribution in [1.29, 1.82) is 0 Å². The van der Waals surface area contributed by atoms with Crippen molar-refractivity contribution in [2.45, 2.75) is 32.7 Å². The second-order valence-electron chi connectivity index (χ2n) is 7.79. The first-order valence-corrected chi connectivity index (χ1v) is 10.9. The molecule has 0 radical (unpaired) electrons. The third kappa shape index (κ3) is 5.14. The third-order valence-electron chi connectivity index (χ3n) is 5.24. The van der Waals surface area contributed by atoms with E-state index in [1.807, 2.05) is 57.0 Å². The van der Waals surface area contributed by atoms with E-state index in [9.17, 15) is 9.59 Å². The molecule has 30 heavy (non-hydrogen) atoms. The van der Waals surface area contributed by atoms with Crippen LogP contribution in [0.25, 0.3) is 0 Å².